The highest BCUT2D eigenvalue weighted by Gasteiger charge is 2.34. The molecular weight excluding hydrogens is 259 g/mol. The molecule has 2 rings (SSSR count). The molecule has 1 aliphatic rings. The van der Waals surface area contributed by atoms with Gasteiger partial charge in [0, 0.05) is 13.1 Å². The normalized spacial score (nSPS) is 16.7. The number of nitrogens with zero attached hydrogens (tertiary/aromatic N) is 1. The van der Waals surface area contributed by atoms with Crippen LogP contribution in [-0.2, 0) is 6.18 Å². The molecule has 0 radical (unpaired) electrons. The number of hydrogen-bond acceptors (Lipinski definition) is 4. The number of guanidine groups is 1. The maximum absolute atomic E-state index is 12.8. The van der Waals surface area contributed by atoms with Gasteiger partial charge in [-0.25, -0.2) is 0 Å². The van der Waals surface area contributed by atoms with E-state index in [1.54, 1.807) is 0 Å². The molecule has 104 valence electrons. The van der Waals surface area contributed by atoms with Crippen LogP contribution < -0.4 is 10.6 Å². The van der Waals surface area contributed by atoms with E-state index in [0.717, 1.165) is 6.07 Å². The van der Waals surface area contributed by atoms with Crippen molar-refractivity contribution in [3.63, 3.8) is 0 Å². The lowest BCUT2D eigenvalue weighted by Gasteiger charge is -2.18. The zero-order valence-electron chi connectivity index (χ0n) is 10.0. The molecule has 1 atom stereocenters. The predicted molar refractivity (Wildman–Crippen MR) is 64.7 cm³/mol. The van der Waals surface area contributed by atoms with Crippen molar-refractivity contribution < 1.29 is 18.3 Å². The van der Waals surface area contributed by atoms with E-state index in [1.807, 2.05) is 0 Å². The summed E-state index contributed by atoms with van der Waals surface area (Å²) >= 11 is 0. The van der Waals surface area contributed by atoms with Crippen LogP contribution in [0.25, 0.3) is 0 Å². The molecular formula is C12H14F3N3O. The summed E-state index contributed by atoms with van der Waals surface area (Å²) in [6.07, 6.45) is -5.72. The van der Waals surface area contributed by atoms with E-state index in [1.165, 1.54) is 18.2 Å². The van der Waals surface area contributed by atoms with Gasteiger partial charge >= 0.3 is 6.18 Å². The number of rotatable bonds is 3. The largest absolute Gasteiger partial charge is 0.416 e. The Morgan fingerprint density at radius 2 is 2.11 bits per heavy atom. The number of nitrogens with one attached hydrogen (secondary N) is 2. The summed E-state index contributed by atoms with van der Waals surface area (Å²) in [7, 11) is 0. The summed E-state index contributed by atoms with van der Waals surface area (Å²) in [6.45, 7) is 1.29. The van der Waals surface area contributed by atoms with Gasteiger partial charge in [0.25, 0.3) is 0 Å². The molecule has 0 amide bonds. The highest BCUT2D eigenvalue weighted by atomic mass is 19.4. The fourth-order valence-electron chi connectivity index (χ4n) is 1.87. The SMILES string of the molecule is OC(CNC1=NCCN1)c1ccccc1C(F)(F)F. The minimum absolute atomic E-state index is 0.0288. The number of aliphatic imine (C=N–C) groups is 1. The lowest BCUT2D eigenvalue weighted by molar-refractivity contribution is -0.139. The third-order valence-electron chi connectivity index (χ3n) is 2.76. The number of aliphatic hydroxyl groups excluding tert-OH is 1. The lowest BCUT2D eigenvalue weighted by atomic mass is 10.0. The van der Waals surface area contributed by atoms with Gasteiger partial charge in [-0.2, -0.15) is 13.2 Å². The van der Waals surface area contributed by atoms with E-state index in [0.29, 0.717) is 19.0 Å². The standard InChI is InChI=1S/C12H14F3N3O/c13-12(14,15)9-4-2-1-3-8(9)10(19)7-18-11-16-5-6-17-11/h1-4,10,19H,5-7H2,(H2,16,17,18). The number of aliphatic hydroxyl groups is 1. The molecule has 1 heterocycles. The zero-order valence-corrected chi connectivity index (χ0v) is 10.0. The Labute approximate surface area is 108 Å². The Morgan fingerprint density at radius 1 is 1.37 bits per heavy atom. The highest BCUT2D eigenvalue weighted by molar-refractivity contribution is 5.81. The van der Waals surface area contributed by atoms with Crippen LogP contribution in [0.15, 0.2) is 29.3 Å². The second-order valence-electron chi connectivity index (χ2n) is 4.14. The molecule has 1 aliphatic heterocycles. The Hall–Kier alpha value is -1.76. The van der Waals surface area contributed by atoms with Gasteiger partial charge in [0.05, 0.1) is 18.2 Å². The van der Waals surface area contributed by atoms with Crippen molar-refractivity contribution in [2.24, 2.45) is 4.99 Å². The predicted octanol–water partition coefficient (Wildman–Crippen LogP) is 1.29. The number of benzene rings is 1. The second kappa shape index (κ2) is 5.48. The minimum Gasteiger partial charge on any atom is -0.387 e. The summed E-state index contributed by atoms with van der Waals surface area (Å²) in [6, 6.07) is 5.01. The van der Waals surface area contributed by atoms with Crippen LogP contribution in [0.2, 0.25) is 0 Å². The van der Waals surface area contributed by atoms with Crippen LogP contribution in [0, 0.1) is 0 Å². The molecule has 7 heteroatoms. The van der Waals surface area contributed by atoms with Crippen molar-refractivity contribution in [1.82, 2.24) is 10.6 Å². The highest BCUT2D eigenvalue weighted by Crippen LogP contribution is 2.34. The van der Waals surface area contributed by atoms with Gasteiger partial charge in [-0.1, -0.05) is 18.2 Å². The monoisotopic (exact) mass is 273 g/mol. The molecule has 19 heavy (non-hydrogen) atoms. The molecule has 1 unspecified atom stereocenters. The second-order valence-corrected chi connectivity index (χ2v) is 4.14. The van der Waals surface area contributed by atoms with Crippen LogP contribution >= 0.6 is 0 Å². The van der Waals surface area contributed by atoms with Gasteiger partial charge < -0.3 is 15.7 Å². The van der Waals surface area contributed by atoms with Crippen molar-refractivity contribution in [1.29, 1.82) is 0 Å². The number of alkyl halides is 3. The summed E-state index contributed by atoms with van der Waals surface area (Å²) in [5, 5.41) is 15.6. The fourth-order valence-corrected chi connectivity index (χ4v) is 1.87. The first-order valence-corrected chi connectivity index (χ1v) is 5.85. The maximum atomic E-state index is 12.8. The molecule has 1 aromatic carbocycles. The van der Waals surface area contributed by atoms with E-state index in [2.05, 4.69) is 15.6 Å². The maximum Gasteiger partial charge on any atom is 0.416 e. The van der Waals surface area contributed by atoms with Gasteiger partial charge in [-0.15, -0.1) is 0 Å². The van der Waals surface area contributed by atoms with Crippen LogP contribution in [0.3, 0.4) is 0 Å². The van der Waals surface area contributed by atoms with Gasteiger partial charge in [0.1, 0.15) is 0 Å². The zero-order chi connectivity index (χ0) is 13.9. The average Bonchev–Trinajstić information content (AvgIpc) is 2.88. The van der Waals surface area contributed by atoms with Crippen LogP contribution in [0.1, 0.15) is 17.2 Å². The van der Waals surface area contributed by atoms with Crippen molar-refractivity contribution in [2.75, 3.05) is 19.6 Å². The summed E-state index contributed by atoms with van der Waals surface area (Å²) in [4.78, 5) is 4.03. The number of hydrogen-bond donors (Lipinski definition) is 3. The van der Waals surface area contributed by atoms with E-state index in [9.17, 15) is 18.3 Å². The van der Waals surface area contributed by atoms with Gasteiger partial charge in [0.15, 0.2) is 5.96 Å². The first-order valence-electron chi connectivity index (χ1n) is 5.85. The molecule has 0 fully saturated rings. The minimum atomic E-state index is -4.47. The van der Waals surface area contributed by atoms with Crippen molar-refractivity contribution >= 4 is 5.96 Å². The molecule has 0 saturated carbocycles. The number of halogens is 3. The van der Waals surface area contributed by atoms with Crippen LogP contribution in [-0.4, -0.2) is 30.7 Å². The van der Waals surface area contributed by atoms with Crippen molar-refractivity contribution in [2.45, 2.75) is 12.3 Å². The smallest absolute Gasteiger partial charge is 0.387 e. The Balaban J connectivity index is 2.08. The van der Waals surface area contributed by atoms with E-state index in [4.69, 9.17) is 0 Å². The van der Waals surface area contributed by atoms with Crippen LogP contribution in [0.4, 0.5) is 13.2 Å². The van der Waals surface area contributed by atoms with Gasteiger partial charge in [-0.05, 0) is 11.6 Å². The summed E-state index contributed by atoms with van der Waals surface area (Å²) in [5.41, 5.74) is -0.952. The van der Waals surface area contributed by atoms with Crippen molar-refractivity contribution in [3.05, 3.63) is 35.4 Å². The summed E-state index contributed by atoms with van der Waals surface area (Å²) < 4.78 is 38.3. The fraction of sp³-hybridized carbons (Fsp3) is 0.417. The first-order chi connectivity index (χ1) is 8.98. The molecule has 0 aliphatic carbocycles. The van der Waals surface area contributed by atoms with E-state index >= 15 is 0 Å². The molecule has 3 N–H and O–H groups in total. The average molecular weight is 273 g/mol. The van der Waals surface area contributed by atoms with E-state index < -0.39 is 17.8 Å². The molecule has 0 spiro atoms. The quantitative estimate of drug-likeness (QED) is 0.778. The molecule has 0 bridgehead atoms. The third-order valence-corrected chi connectivity index (χ3v) is 2.76. The third kappa shape index (κ3) is 3.37. The van der Waals surface area contributed by atoms with Crippen LogP contribution in [0.5, 0.6) is 0 Å². The Bertz CT molecular complexity index is 474. The Morgan fingerprint density at radius 3 is 2.74 bits per heavy atom. The molecule has 0 aromatic heterocycles. The summed E-state index contributed by atoms with van der Waals surface area (Å²) in [5.74, 6) is 0.503. The van der Waals surface area contributed by atoms with Crippen molar-refractivity contribution in [3.8, 4) is 0 Å². The molecule has 4 nitrogen and oxygen atoms in total. The lowest BCUT2D eigenvalue weighted by Crippen LogP contribution is -2.36. The molecule has 0 saturated heterocycles. The Kier molecular flexibility index (Phi) is 3.94. The first kappa shape index (κ1) is 13.7. The topological polar surface area (TPSA) is 56.6 Å². The van der Waals surface area contributed by atoms with Gasteiger partial charge in [-0.3, -0.25) is 4.99 Å². The van der Waals surface area contributed by atoms with Gasteiger partial charge in [0.2, 0.25) is 0 Å². The van der Waals surface area contributed by atoms with E-state index in [-0.39, 0.29) is 12.1 Å². The molecule has 1 aromatic rings.